The van der Waals surface area contributed by atoms with Crippen molar-refractivity contribution in [1.82, 2.24) is 14.5 Å². The number of piperazine rings is 1. The molecule has 2 aromatic heterocycles. The number of aliphatic hydroxyl groups excluding tert-OH is 1. The van der Waals surface area contributed by atoms with E-state index >= 15 is 0 Å². The molecule has 1 N–H and O–H groups in total. The van der Waals surface area contributed by atoms with Gasteiger partial charge in [0.25, 0.3) is 0 Å². The first-order valence-corrected chi connectivity index (χ1v) is 9.70. The van der Waals surface area contributed by atoms with E-state index in [0.29, 0.717) is 12.0 Å². The second-order valence-electron chi connectivity index (χ2n) is 7.42. The highest BCUT2D eigenvalue weighted by atomic mass is 16.4. The normalized spacial score (nSPS) is 16.6. The average molecular weight is 382 g/mol. The molecule has 1 atom stereocenters. The first-order chi connectivity index (χ1) is 13.5. The molecule has 1 unspecified atom stereocenters. The van der Waals surface area contributed by atoms with Gasteiger partial charge in [-0.1, -0.05) is 12.1 Å². The number of anilines is 1. The van der Waals surface area contributed by atoms with Crippen molar-refractivity contribution in [2.45, 2.75) is 19.4 Å². The van der Waals surface area contributed by atoms with Crippen molar-refractivity contribution < 1.29 is 9.52 Å². The van der Waals surface area contributed by atoms with Gasteiger partial charge in [-0.15, -0.1) is 0 Å². The van der Waals surface area contributed by atoms with Crippen LogP contribution in [0.5, 0.6) is 0 Å². The Morgan fingerprint density at radius 1 is 1.18 bits per heavy atom. The van der Waals surface area contributed by atoms with Gasteiger partial charge in [0.15, 0.2) is 5.58 Å². The summed E-state index contributed by atoms with van der Waals surface area (Å²) in [6, 6.07) is 11.6. The maximum Gasteiger partial charge on any atom is 0.419 e. The average Bonchev–Trinajstić information content (AvgIpc) is 2.99. The topological polar surface area (TPSA) is 74.7 Å². The Balaban J connectivity index is 1.32. The Kier molecular flexibility index (Phi) is 5.19. The third kappa shape index (κ3) is 3.81. The molecule has 0 saturated carbocycles. The molecule has 3 aromatic rings. The number of fused-ring (bicyclic) bond motifs is 1. The predicted molar refractivity (Wildman–Crippen MR) is 109 cm³/mol. The summed E-state index contributed by atoms with van der Waals surface area (Å²) >= 11 is 0. The minimum Gasteiger partial charge on any atom is -0.408 e. The second-order valence-corrected chi connectivity index (χ2v) is 7.42. The van der Waals surface area contributed by atoms with Crippen LogP contribution in [0, 0.1) is 6.92 Å². The van der Waals surface area contributed by atoms with Gasteiger partial charge in [0, 0.05) is 45.5 Å². The lowest BCUT2D eigenvalue weighted by Crippen LogP contribution is -2.47. The van der Waals surface area contributed by atoms with Gasteiger partial charge in [0.1, 0.15) is 5.82 Å². The lowest BCUT2D eigenvalue weighted by atomic mass is 10.1. The van der Waals surface area contributed by atoms with Crippen molar-refractivity contribution in [3.05, 3.63) is 58.2 Å². The number of aromatic nitrogens is 2. The molecule has 7 heteroatoms. The maximum absolute atomic E-state index is 11.6. The van der Waals surface area contributed by atoms with E-state index in [9.17, 15) is 9.90 Å². The fourth-order valence-electron chi connectivity index (χ4n) is 3.73. The fraction of sp³-hybridized carbons (Fsp3) is 0.429. The molecule has 3 heterocycles. The smallest absolute Gasteiger partial charge is 0.408 e. The largest absolute Gasteiger partial charge is 0.419 e. The summed E-state index contributed by atoms with van der Waals surface area (Å²) in [5.41, 5.74) is 3.07. The lowest BCUT2D eigenvalue weighted by Gasteiger charge is -2.35. The van der Waals surface area contributed by atoms with E-state index in [4.69, 9.17) is 4.42 Å². The molecular formula is C21H26N4O3. The molecule has 1 aliphatic heterocycles. The number of aliphatic hydroxyl groups is 1. The highest BCUT2D eigenvalue weighted by molar-refractivity contribution is 5.73. The third-order valence-corrected chi connectivity index (χ3v) is 5.49. The lowest BCUT2D eigenvalue weighted by molar-refractivity contribution is 0.139. The summed E-state index contributed by atoms with van der Waals surface area (Å²) in [5, 5.41) is 10.6. The van der Waals surface area contributed by atoms with E-state index in [0.717, 1.165) is 55.3 Å². The van der Waals surface area contributed by atoms with Crippen LogP contribution in [-0.4, -0.2) is 52.3 Å². The third-order valence-electron chi connectivity index (χ3n) is 5.49. The fourth-order valence-corrected chi connectivity index (χ4v) is 3.73. The van der Waals surface area contributed by atoms with E-state index in [2.05, 4.69) is 20.9 Å². The summed E-state index contributed by atoms with van der Waals surface area (Å²) in [7, 11) is 1.68. The van der Waals surface area contributed by atoms with Crippen LogP contribution < -0.4 is 10.7 Å². The standard InChI is InChI=1S/C21H26N4O3/c1-15-4-3-5-20(22-15)25-12-10-24(11-13-25)9-8-18(26)16-6-7-17-19(14-16)28-21(27)23(17)2/h3-7,14,18,26H,8-13H2,1-2H3. The highest BCUT2D eigenvalue weighted by Gasteiger charge is 2.19. The predicted octanol–water partition coefficient (Wildman–Crippen LogP) is 2.08. The summed E-state index contributed by atoms with van der Waals surface area (Å²) < 4.78 is 6.69. The zero-order valence-electron chi connectivity index (χ0n) is 16.3. The van der Waals surface area contributed by atoms with Crippen LogP contribution in [0.25, 0.3) is 11.1 Å². The Bertz CT molecular complexity index is 1020. The molecule has 1 aliphatic rings. The molecule has 1 saturated heterocycles. The number of rotatable bonds is 5. The zero-order chi connectivity index (χ0) is 19.7. The van der Waals surface area contributed by atoms with Crippen LogP contribution in [-0.2, 0) is 7.05 Å². The van der Waals surface area contributed by atoms with Crippen LogP contribution in [0.2, 0.25) is 0 Å². The van der Waals surface area contributed by atoms with Gasteiger partial charge >= 0.3 is 5.76 Å². The summed E-state index contributed by atoms with van der Waals surface area (Å²) in [6.07, 6.45) is 0.0667. The van der Waals surface area contributed by atoms with E-state index in [1.54, 1.807) is 13.1 Å². The molecule has 0 radical (unpaired) electrons. The number of aryl methyl sites for hydroxylation is 2. The van der Waals surface area contributed by atoms with Crippen molar-refractivity contribution in [2.24, 2.45) is 7.05 Å². The Labute approximate surface area is 163 Å². The maximum atomic E-state index is 11.6. The van der Waals surface area contributed by atoms with E-state index in [-0.39, 0.29) is 5.76 Å². The van der Waals surface area contributed by atoms with E-state index in [1.165, 1.54) is 4.57 Å². The van der Waals surface area contributed by atoms with Gasteiger partial charge in [0.05, 0.1) is 11.6 Å². The molecule has 0 spiro atoms. The van der Waals surface area contributed by atoms with Gasteiger partial charge in [0.2, 0.25) is 0 Å². The molecule has 148 valence electrons. The van der Waals surface area contributed by atoms with E-state index < -0.39 is 6.10 Å². The van der Waals surface area contributed by atoms with Crippen molar-refractivity contribution in [3.8, 4) is 0 Å². The highest BCUT2D eigenvalue weighted by Crippen LogP contribution is 2.22. The summed E-state index contributed by atoms with van der Waals surface area (Å²) in [4.78, 5) is 20.9. The molecule has 0 aliphatic carbocycles. The minimum absolute atomic E-state index is 0.386. The molecule has 7 nitrogen and oxygen atoms in total. The second kappa shape index (κ2) is 7.77. The summed E-state index contributed by atoms with van der Waals surface area (Å²) in [5.74, 6) is 0.653. The molecule has 1 fully saturated rings. The van der Waals surface area contributed by atoms with Crippen molar-refractivity contribution in [3.63, 3.8) is 0 Å². The Hall–Kier alpha value is -2.64. The summed E-state index contributed by atoms with van der Waals surface area (Å²) in [6.45, 7) is 6.62. The Morgan fingerprint density at radius 2 is 1.96 bits per heavy atom. The van der Waals surface area contributed by atoms with Crippen molar-refractivity contribution in [2.75, 3.05) is 37.6 Å². The number of hydrogen-bond acceptors (Lipinski definition) is 6. The number of hydrogen-bond donors (Lipinski definition) is 1. The number of oxazole rings is 1. The van der Waals surface area contributed by atoms with Gasteiger partial charge in [-0.3, -0.25) is 9.47 Å². The molecule has 4 rings (SSSR count). The molecule has 0 bridgehead atoms. The molecular weight excluding hydrogens is 356 g/mol. The van der Waals surface area contributed by atoms with Crippen molar-refractivity contribution >= 4 is 16.9 Å². The van der Waals surface area contributed by atoms with Gasteiger partial charge in [-0.2, -0.15) is 0 Å². The molecule has 1 aromatic carbocycles. The number of nitrogens with zero attached hydrogens (tertiary/aromatic N) is 4. The van der Waals surface area contributed by atoms with Crippen LogP contribution in [0.1, 0.15) is 23.8 Å². The first-order valence-electron chi connectivity index (χ1n) is 9.70. The zero-order valence-corrected chi connectivity index (χ0v) is 16.3. The van der Waals surface area contributed by atoms with Crippen LogP contribution >= 0.6 is 0 Å². The van der Waals surface area contributed by atoms with Crippen LogP contribution in [0.4, 0.5) is 5.82 Å². The van der Waals surface area contributed by atoms with Gasteiger partial charge < -0.3 is 14.4 Å². The molecule has 0 amide bonds. The Morgan fingerprint density at radius 3 is 2.71 bits per heavy atom. The first kappa shape index (κ1) is 18.7. The van der Waals surface area contributed by atoms with Crippen LogP contribution in [0.15, 0.2) is 45.6 Å². The molecule has 28 heavy (non-hydrogen) atoms. The SMILES string of the molecule is Cc1cccc(N2CCN(CCC(O)c3ccc4c(c3)oc(=O)n4C)CC2)n1. The van der Waals surface area contributed by atoms with Gasteiger partial charge in [-0.25, -0.2) is 9.78 Å². The monoisotopic (exact) mass is 382 g/mol. The van der Waals surface area contributed by atoms with Crippen LogP contribution in [0.3, 0.4) is 0 Å². The van der Waals surface area contributed by atoms with E-state index in [1.807, 2.05) is 31.2 Å². The number of pyridine rings is 1. The van der Waals surface area contributed by atoms with Gasteiger partial charge in [-0.05, 0) is 43.2 Å². The quantitative estimate of drug-likeness (QED) is 0.728. The van der Waals surface area contributed by atoms with Crippen molar-refractivity contribution in [1.29, 1.82) is 0 Å². The minimum atomic E-state index is -0.577. The number of benzene rings is 1.